The first kappa shape index (κ1) is 13.8. The summed E-state index contributed by atoms with van der Waals surface area (Å²) in [5.41, 5.74) is 7.34. The molecule has 0 aliphatic heterocycles. The molecule has 3 nitrogen and oxygen atoms in total. The molecule has 0 aromatic heterocycles. The third kappa shape index (κ3) is 5.96. The van der Waals surface area contributed by atoms with Crippen LogP contribution in [0.1, 0.15) is 25.8 Å². The number of nitrogen functional groups attached to an aromatic ring is 1. The van der Waals surface area contributed by atoms with Crippen LogP contribution in [0.15, 0.2) is 18.2 Å². The quantitative estimate of drug-likeness (QED) is 0.617. The van der Waals surface area contributed by atoms with Crippen LogP contribution in [0.4, 0.5) is 5.69 Å². The number of methoxy groups -OCH3 is 1. The van der Waals surface area contributed by atoms with E-state index >= 15 is 0 Å². The van der Waals surface area contributed by atoms with Crippen molar-refractivity contribution in [3.8, 4) is 5.75 Å². The molecule has 0 atom stereocenters. The lowest BCUT2D eigenvalue weighted by molar-refractivity contribution is 0.0506. The summed E-state index contributed by atoms with van der Waals surface area (Å²) in [5, 5.41) is 0. The zero-order valence-electron chi connectivity index (χ0n) is 10.0. The zero-order valence-corrected chi connectivity index (χ0v) is 10.0. The van der Waals surface area contributed by atoms with Gasteiger partial charge in [-0.1, -0.05) is 20.3 Å². The number of ether oxygens (including phenoxy) is 2. The van der Waals surface area contributed by atoms with Gasteiger partial charge in [0.25, 0.3) is 0 Å². The number of anilines is 1. The molecule has 3 heteroatoms. The van der Waals surface area contributed by atoms with Crippen molar-refractivity contribution in [1.82, 2.24) is 0 Å². The first-order valence-corrected chi connectivity index (χ1v) is 5.13. The molecule has 0 aliphatic carbocycles. The lowest BCUT2D eigenvalue weighted by Gasteiger charge is -2.07. The maximum absolute atomic E-state index is 5.57. The summed E-state index contributed by atoms with van der Waals surface area (Å²) in [6.45, 7) is 6.46. The zero-order chi connectivity index (χ0) is 11.7. The fraction of sp³-hybridized carbons (Fsp3) is 0.500. The van der Waals surface area contributed by atoms with Crippen LogP contribution in [0.5, 0.6) is 5.75 Å². The Morgan fingerprint density at radius 3 is 2.33 bits per heavy atom. The van der Waals surface area contributed by atoms with E-state index in [2.05, 4.69) is 13.8 Å². The standard InChI is InChI=1S/C9H13NO2.C3H8/c1-7-5-8(10)3-4-9(7)12-6-11-2;1-3-2/h3-5H,6,10H2,1-2H3;3H2,1-2H3. The predicted molar refractivity (Wildman–Crippen MR) is 64.1 cm³/mol. The van der Waals surface area contributed by atoms with E-state index in [4.69, 9.17) is 15.2 Å². The van der Waals surface area contributed by atoms with Crippen LogP contribution >= 0.6 is 0 Å². The third-order valence-electron chi connectivity index (χ3n) is 1.53. The van der Waals surface area contributed by atoms with Crippen LogP contribution in [0.3, 0.4) is 0 Å². The fourth-order valence-electron chi connectivity index (χ4n) is 0.957. The SMILES string of the molecule is CCC.COCOc1ccc(N)cc1C. The smallest absolute Gasteiger partial charge is 0.188 e. The summed E-state index contributed by atoms with van der Waals surface area (Å²) in [6.07, 6.45) is 1.25. The highest BCUT2D eigenvalue weighted by Crippen LogP contribution is 2.19. The Bertz CT molecular complexity index is 274. The van der Waals surface area contributed by atoms with Crippen LogP contribution in [-0.2, 0) is 4.74 Å². The van der Waals surface area contributed by atoms with Crippen molar-refractivity contribution in [2.24, 2.45) is 0 Å². The molecule has 15 heavy (non-hydrogen) atoms. The monoisotopic (exact) mass is 211 g/mol. The molecule has 0 saturated carbocycles. The second kappa shape index (κ2) is 8.12. The van der Waals surface area contributed by atoms with Crippen molar-refractivity contribution in [2.75, 3.05) is 19.6 Å². The second-order valence-corrected chi connectivity index (χ2v) is 3.28. The van der Waals surface area contributed by atoms with Gasteiger partial charge in [0, 0.05) is 12.8 Å². The van der Waals surface area contributed by atoms with Crippen molar-refractivity contribution in [3.63, 3.8) is 0 Å². The van der Waals surface area contributed by atoms with Gasteiger partial charge in [0.15, 0.2) is 6.79 Å². The molecule has 0 heterocycles. The number of rotatable bonds is 3. The summed E-state index contributed by atoms with van der Waals surface area (Å²) in [6, 6.07) is 5.51. The molecule has 0 radical (unpaired) electrons. The van der Waals surface area contributed by atoms with E-state index in [1.165, 1.54) is 6.42 Å². The molecule has 0 spiro atoms. The highest BCUT2D eigenvalue weighted by Gasteiger charge is 1.97. The van der Waals surface area contributed by atoms with E-state index in [0.717, 1.165) is 17.0 Å². The first-order chi connectivity index (χ1) is 7.15. The van der Waals surface area contributed by atoms with Gasteiger partial charge in [-0.2, -0.15) is 0 Å². The average Bonchev–Trinajstić information content (AvgIpc) is 2.18. The maximum atomic E-state index is 5.57. The van der Waals surface area contributed by atoms with E-state index in [9.17, 15) is 0 Å². The minimum Gasteiger partial charge on any atom is -0.467 e. The van der Waals surface area contributed by atoms with E-state index in [1.54, 1.807) is 13.2 Å². The Labute approximate surface area is 92.2 Å². The van der Waals surface area contributed by atoms with Gasteiger partial charge in [0.05, 0.1) is 0 Å². The van der Waals surface area contributed by atoms with Crippen molar-refractivity contribution in [3.05, 3.63) is 23.8 Å². The lowest BCUT2D eigenvalue weighted by Crippen LogP contribution is -2.00. The van der Waals surface area contributed by atoms with Crippen molar-refractivity contribution < 1.29 is 9.47 Å². The normalized spacial score (nSPS) is 9.07. The summed E-state index contributed by atoms with van der Waals surface area (Å²) in [4.78, 5) is 0. The van der Waals surface area contributed by atoms with E-state index < -0.39 is 0 Å². The summed E-state index contributed by atoms with van der Waals surface area (Å²) >= 11 is 0. The van der Waals surface area contributed by atoms with Crippen molar-refractivity contribution in [2.45, 2.75) is 27.2 Å². The molecular weight excluding hydrogens is 190 g/mol. The van der Waals surface area contributed by atoms with Gasteiger partial charge in [0.2, 0.25) is 0 Å². The number of aryl methyl sites for hydroxylation is 1. The van der Waals surface area contributed by atoms with E-state index in [0.29, 0.717) is 0 Å². The summed E-state index contributed by atoms with van der Waals surface area (Å²) in [7, 11) is 1.59. The van der Waals surface area contributed by atoms with Crippen LogP contribution in [0.2, 0.25) is 0 Å². The van der Waals surface area contributed by atoms with Gasteiger partial charge < -0.3 is 15.2 Å². The summed E-state index contributed by atoms with van der Waals surface area (Å²) in [5.74, 6) is 0.811. The molecule has 0 saturated heterocycles. The molecule has 0 unspecified atom stereocenters. The van der Waals surface area contributed by atoms with E-state index in [-0.39, 0.29) is 6.79 Å². The van der Waals surface area contributed by atoms with Crippen LogP contribution < -0.4 is 10.5 Å². The van der Waals surface area contributed by atoms with Crippen LogP contribution in [0, 0.1) is 6.92 Å². The Morgan fingerprint density at radius 2 is 1.87 bits per heavy atom. The molecule has 2 N–H and O–H groups in total. The number of nitrogens with two attached hydrogens (primary N) is 1. The highest BCUT2D eigenvalue weighted by atomic mass is 16.7. The molecule has 1 aromatic rings. The van der Waals surface area contributed by atoms with Gasteiger partial charge in [0.1, 0.15) is 5.75 Å². The molecule has 0 amide bonds. The average molecular weight is 211 g/mol. The summed E-state index contributed by atoms with van der Waals surface area (Å²) < 4.78 is 10.0. The van der Waals surface area contributed by atoms with Crippen molar-refractivity contribution in [1.29, 1.82) is 0 Å². The van der Waals surface area contributed by atoms with Gasteiger partial charge in [-0.25, -0.2) is 0 Å². The third-order valence-corrected chi connectivity index (χ3v) is 1.53. The second-order valence-electron chi connectivity index (χ2n) is 3.28. The topological polar surface area (TPSA) is 44.5 Å². The predicted octanol–water partition coefficient (Wildman–Crippen LogP) is 2.98. The van der Waals surface area contributed by atoms with E-state index in [1.807, 2.05) is 19.1 Å². The number of benzene rings is 1. The van der Waals surface area contributed by atoms with Gasteiger partial charge >= 0.3 is 0 Å². The fourth-order valence-corrected chi connectivity index (χ4v) is 0.957. The molecule has 0 fully saturated rings. The van der Waals surface area contributed by atoms with Crippen LogP contribution in [-0.4, -0.2) is 13.9 Å². The number of hydrogen-bond acceptors (Lipinski definition) is 3. The lowest BCUT2D eigenvalue weighted by atomic mass is 10.2. The molecule has 86 valence electrons. The Hall–Kier alpha value is -1.22. The van der Waals surface area contributed by atoms with Crippen molar-refractivity contribution >= 4 is 5.69 Å². The largest absolute Gasteiger partial charge is 0.467 e. The minimum absolute atomic E-state index is 0.269. The molecule has 1 aromatic carbocycles. The molecular formula is C12H21NO2. The molecule has 0 bridgehead atoms. The highest BCUT2D eigenvalue weighted by molar-refractivity contribution is 5.47. The van der Waals surface area contributed by atoms with Gasteiger partial charge in [-0.3, -0.25) is 0 Å². The Kier molecular flexibility index (Phi) is 7.46. The molecule has 1 rings (SSSR count). The Morgan fingerprint density at radius 1 is 1.27 bits per heavy atom. The van der Waals surface area contributed by atoms with Crippen LogP contribution in [0.25, 0.3) is 0 Å². The number of hydrogen-bond donors (Lipinski definition) is 1. The Balaban J connectivity index is 0.000000583. The molecule has 0 aliphatic rings. The maximum Gasteiger partial charge on any atom is 0.188 e. The van der Waals surface area contributed by atoms with Gasteiger partial charge in [-0.15, -0.1) is 0 Å². The minimum atomic E-state index is 0.269. The van der Waals surface area contributed by atoms with Gasteiger partial charge in [-0.05, 0) is 30.7 Å². The first-order valence-electron chi connectivity index (χ1n) is 5.13.